The number of nitrogens with one attached hydrogen (secondary N) is 1. The zero-order chi connectivity index (χ0) is 26.8. The molecule has 1 heterocycles. The first kappa shape index (κ1) is 25.0. The number of fused-ring (bicyclic) bond motifs is 1. The molecule has 0 radical (unpaired) electrons. The Morgan fingerprint density at radius 1 is 0.947 bits per heavy atom. The number of urea groups is 1. The van der Waals surface area contributed by atoms with E-state index < -0.39 is 17.8 Å². The van der Waals surface area contributed by atoms with E-state index in [2.05, 4.69) is 11.4 Å². The third-order valence-corrected chi connectivity index (χ3v) is 6.59. The monoisotopic (exact) mass is 526 g/mol. The molecule has 1 aliphatic rings. The van der Waals surface area contributed by atoms with Crippen LogP contribution in [0, 0.1) is 6.92 Å². The van der Waals surface area contributed by atoms with Gasteiger partial charge in [0.05, 0.1) is 12.8 Å². The molecule has 0 atom stereocenters. The number of rotatable bonds is 6. The fourth-order valence-electron chi connectivity index (χ4n) is 4.33. The van der Waals surface area contributed by atoms with Crippen molar-refractivity contribution in [3.8, 4) is 11.5 Å². The van der Waals surface area contributed by atoms with Crippen LogP contribution in [0.15, 0.2) is 84.4 Å². The molecule has 8 heteroatoms. The number of amides is 4. The van der Waals surface area contributed by atoms with Crippen molar-refractivity contribution in [3.05, 3.63) is 106 Å². The highest BCUT2D eigenvalue weighted by Gasteiger charge is 2.37. The van der Waals surface area contributed by atoms with Gasteiger partial charge >= 0.3 is 6.03 Å². The van der Waals surface area contributed by atoms with Gasteiger partial charge in [0.25, 0.3) is 11.8 Å². The minimum Gasteiger partial charge on any atom is -0.497 e. The van der Waals surface area contributed by atoms with Crippen molar-refractivity contribution >= 4 is 52.0 Å². The van der Waals surface area contributed by atoms with Crippen molar-refractivity contribution in [1.29, 1.82) is 0 Å². The van der Waals surface area contributed by atoms with Gasteiger partial charge in [-0.05, 0) is 71.8 Å². The summed E-state index contributed by atoms with van der Waals surface area (Å²) in [6, 6.07) is 22.6. The number of imide groups is 2. The van der Waals surface area contributed by atoms with Crippen LogP contribution in [0.25, 0.3) is 16.8 Å². The van der Waals surface area contributed by atoms with Crippen molar-refractivity contribution in [2.24, 2.45) is 0 Å². The average Bonchev–Trinajstić information content (AvgIpc) is 2.91. The molecule has 7 nitrogen and oxygen atoms in total. The molecule has 38 heavy (non-hydrogen) atoms. The molecule has 4 aromatic rings. The van der Waals surface area contributed by atoms with Crippen molar-refractivity contribution < 1.29 is 23.9 Å². The summed E-state index contributed by atoms with van der Waals surface area (Å²) in [6.45, 7) is 2.28. The summed E-state index contributed by atoms with van der Waals surface area (Å²) in [5.41, 5.74) is 2.60. The third kappa shape index (κ3) is 4.84. The first-order chi connectivity index (χ1) is 18.4. The van der Waals surface area contributed by atoms with Gasteiger partial charge in [0.2, 0.25) is 0 Å². The first-order valence-corrected chi connectivity index (χ1v) is 12.2. The van der Waals surface area contributed by atoms with Crippen molar-refractivity contribution in [1.82, 2.24) is 5.32 Å². The number of aryl methyl sites for hydroxylation is 1. The Hall–Kier alpha value is -4.62. The lowest BCUT2D eigenvalue weighted by Gasteiger charge is -2.26. The molecule has 0 aliphatic carbocycles. The molecule has 1 N–H and O–H groups in total. The number of ether oxygens (including phenoxy) is 2. The van der Waals surface area contributed by atoms with E-state index in [0.717, 1.165) is 26.8 Å². The Kier molecular flexibility index (Phi) is 6.85. The van der Waals surface area contributed by atoms with Gasteiger partial charge in [-0.3, -0.25) is 14.9 Å². The molecule has 0 unspecified atom stereocenters. The van der Waals surface area contributed by atoms with Crippen LogP contribution in [0.1, 0.15) is 16.7 Å². The predicted molar refractivity (Wildman–Crippen MR) is 146 cm³/mol. The molecule has 1 fully saturated rings. The Balaban J connectivity index is 1.48. The third-order valence-electron chi connectivity index (χ3n) is 6.35. The van der Waals surface area contributed by atoms with Crippen LogP contribution < -0.4 is 19.7 Å². The number of halogens is 1. The average molecular weight is 527 g/mol. The minimum atomic E-state index is -0.837. The Morgan fingerprint density at radius 2 is 1.71 bits per heavy atom. The van der Waals surface area contributed by atoms with Gasteiger partial charge in [0.15, 0.2) is 0 Å². The highest BCUT2D eigenvalue weighted by atomic mass is 35.5. The number of carbonyl (C=O) groups excluding carboxylic acids is 3. The SMILES string of the molecule is COc1ccc(N2C(=O)NC(=O)/C(=C\c3cc(Cl)ccc3OCc3c(C)ccc4ccccc34)C2=O)cc1. The van der Waals surface area contributed by atoms with Crippen molar-refractivity contribution in [2.45, 2.75) is 13.5 Å². The fourth-order valence-corrected chi connectivity index (χ4v) is 4.51. The van der Waals surface area contributed by atoms with Crippen LogP contribution in [0.4, 0.5) is 10.5 Å². The maximum Gasteiger partial charge on any atom is 0.335 e. The van der Waals surface area contributed by atoms with E-state index in [-0.39, 0.29) is 12.2 Å². The summed E-state index contributed by atoms with van der Waals surface area (Å²) in [6.07, 6.45) is 1.39. The van der Waals surface area contributed by atoms with E-state index in [1.807, 2.05) is 37.3 Å². The lowest BCUT2D eigenvalue weighted by Crippen LogP contribution is -2.54. The zero-order valence-electron chi connectivity index (χ0n) is 20.7. The van der Waals surface area contributed by atoms with Gasteiger partial charge in [-0.15, -0.1) is 0 Å². The van der Waals surface area contributed by atoms with Crippen LogP contribution in [0.5, 0.6) is 11.5 Å². The van der Waals surface area contributed by atoms with E-state index in [4.69, 9.17) is 21.1 Å². The second kappa shape index (κ2) is 10.4. The normalized spacial score (nSPS) is 14.7. The molecular weight excluding hydrogens is 504 g/mol. The summed E-state index contributed by atoms with van der Waals surface area (Å²) in [4.78, 5) is 39.5. The quantitative estimate of drug-likeness (QED) is 0.244. The molecule has 5 rings (SSSR count). The summed E-state index contributed by atoms with van der Waals surface area (Å²) in [5.74, 6) is -0.573. The van der Waals surface area contributed by atoms with Crippen LogP contribution >= 0.6 is 11.6 Å². The van der Waals surface area contributed by atoms with Gasteiger partial charge in [-0.1, -0.05) is 48.0 Å². The minimum absolute atomic E-state index is 0.228. The molecule has 1 saturated heterocycles. The molecule has 1 aliphatic heterocycles. The molecule has 0 bridgehead atoms. The lowest BCUT2D eigenvalue weighted by molar-refractivity contribution is -0.122. The zero-order valence-corrected chi connectivity index (χ0v) is 21.4. The van der Waals surface area contributed by atoms with Crippen LogP contribution in [0.3, 0.4) is 0 Å². The maximum atomic E-state index is 13.3. The topological polar surface area (TPSA) is 84.9 Å². The highest BCUT2D eigenvalue weighted by molar-refractivity contribution is 6.39. The molecule has 4 aromatic carbocycles. The molecule has 0 aromatic heterocycles. The molecule has 4 amide bonds. The molecule has 0 saturated carbocycles. The number of nitrogens with zero attached hydrogens (tertiary/aromatic N) is 1. The van der Waals surface area contributed by atoms with Crippen LogP contribution in [-0.2, 0) is 16.2 Å². The first-order valence-electron chi connectivity index (χ1n) is 11.8. The Bertz CT molecular complexity index is 1610. The lowest BCUT2D eigenvalue weighted by atomic mass is 10.0. The number of barbiturate groups is 1. The molecule has 0 spiro atoms. The number of hydrogen-bond donors (Lipinski definition) is 1. The highest BCUT2D eigenvalue weighted by Crippen LogP contribution is 2.30. The van der Waals surface area contributed by atoms with E-state index in [0.29, 0.717) is 27.8 Å². The maximum absolute atomic E-state index is 13.3. The number of benzene rings is 4. The predicted octanol–water partition coefficient (Wildman–Crippen LogP) is 6.06. The second-order valence-corrected chi connectivity index (χ2v) is 9.15. The molecule has 190 valence electrons. The van der Waals surface area contributed by atoms with Crippen molar-refractivity contribution in [2.75, 3.05) is 12.0 Å². The van der Waals surface area contributed by atoms with E-state index >= 15 is 0 Å². The van der Waals surface area contributed by atoms with Gasteiger partial charge in [-0.25, -0.2) is 9.69 Å². The van der Waals surface area contributed by atoms with Crippen molar-refractivity contribution in [3.63, 3.8) is 0 Å². The second-order valence-electron chi connectivity index (χ2n) is 8.71. The number of carbonyl (C=O) groups is 3. The Labute approximate surface area is 224 Å². The van der Waals surface area contributed by atoms with Gasteiger partial charge in [0.1, 0.15) is 23.7 Å². The number of anilines is 1. The summed E-state index contributed by atoms with van der Waals surface area (Å²) >= 11 is 6.26. The van der Waals surface area contributed by atoms with E-state index in [1.165, 1.54) is 13.2 Å². The largest absolute Gasteiger partial charge is 0.497 e. The molecular formula is C30H23ClN2O5. The standard InChI is InChI=1S/C30H23ClN2O5/c1-18-7-8-19-5-3-4-6-24(19)26(18)17-38-27-14-9-21(31)15-20(27)16-25-28(34)32-30(36)33(29(25)35)22-10-12-23(37-2)13-11-22/h3-16H,17H2,1-2H3,(H,32,34,36)/b25-16+. The van der Waals surface area contributed by atoms with Crippen LogP contribution in [0.2, 0.25) is 5.02 Å². The van der Waals surface area contributed by atoms with Gasteiger partial charge < -0.3 is 9.47 Å². The fraction of sp³-hybridized carbons (Fsp3) is 0.100. The number of methoxy groups -OCH3 is 1. The van der Waals surface area contributed by atoms with Gasteiger partial charge in [0, 0.05) is 16.1 Å². The summed E-state index contributed by atoms with van der Waals surface area (Å²) in [7, 11) is 1.51. The number of hydrogen-bond acceptors (Lipinski definition) is 5. The Morgan fingerprint density at radius 3 is 2.47 bits per heavy atom. The van der Waals surface area contributed by atoms with E-state index in [9.17, 15) is 14.4 Å². The summed E-state index contributed by atoms with van der Waals surface area (Å²) < 4.78 is 11.3. The van der Waals surface area contributed by atoms with Crippen LogP contribution in [-0.4, -0.2) is 25.0 Å². The van der Waals surface area contributed by atoms with Gasteiger partial charge in [-0.2, -0.15) is 0 Å². The van der Waals surface area contributed by atoms with E-state index in [1.54, 1.807) is 42.5 Å². The smallest absolute Gasteiger partial charge is 0.335 e. The summed E-state index contributed by atoms with van der Waals surface area (Å²) in [5, 5.41) is 4.81.